The van der Waals surface area contributed by atoms with E-state index in [0.717, 1.165) is 25.7 Å². The zero-order valence-electron chi connectivity index (χ0n) is 9.78. The standard InChI is InChI=1S/C13H13FN2O2/c14-8-5-6-11-10(7-8)12(17)16(13(18)15-11)9-3-1-2-4-9/h5-7,9H,1-4H2,(H,15,18). The fourth-order valence-corrected chi connectivity index (χ4v) is 2.69. The van der Waals surface area contributed by atoms with Gasteiger partial charge in [0, 0.05) is 6.04 Å². The van der Waals surface area contributed by atoms with E-state index < -0.39 is 11.5 Å². The zero-order chi connectivity index (χ0) is 12.7. The van der Waals surface area contributed by atoms with E-state index in [2.05, 4.69) is 4.98 Å². The van der Waals surface area contributed by atoms with Crippen molar-refractivity contribution in [1.82, 2.24) is 9.55 Å². The van der Waals surface area contributed by atoms with Gasteiger partial charge in [-0.05, 0) is 31.0 Å². The average molecular weight is 248 g/mol. The maximum atomic E-state index is 13.2. The molecule has 1 heterocycles. The summed E-state index contributed by atoms with van der Waals surface area (Å²) in [7, 11) is 0. The molecular formula is C13H13FN2O2. The quantitative estimate of drug-likeness (QED) is 0.838. The lowest BCUT2D eigenvalue weighted by atomic mass is 10.2. The summed E-state index contributed by atoms with van der Waals surface area (Å²) < 4.78 is 14.4. The third kappa shape index (κ3) is 1.66. The van der Waals surface area contributed by atoms with Gasteiger partial charge < -0.3 is 4.98 Å². The number of aromatic amines is 1. The molecule has 4 nitrogen and oxygen atoms in total. The van der Waals surface area contributed by atoms with Gasteiger partial charge >= 0.3 is 5.69 Å². The smallest absolute Gasteiger partial charge is 0.307 e. The van der Waals surface area contributed by atoms with Crippen LogP contribution >= 0.6 is 0 Å². The predicted molar refractivity (Wildman–Crippen MR) is 66.3 cm³/mol. The number of hydrogen-bond acceptors (Lipinski definition) is 2. The molecule has 1 aromatic carbocycles. The van der Waals surface area contributed by atoms with E-state index in [1.807, 2.05) is 0 Å². The maximum absolute atomic E-state index is 13.2. The van der Waals surface area contributed by atoms with Gasteiger partial charge in [0.1, 0.15) is 5.82 Å². The molecule has 0 atom stereocenters. The Kier molecular flexibility index (Phi) is 2.54. The average Bonchev–Trinajstić information content (AvgIpc) is 2.84. The minimum Gasteiger partial charge on any atom is -0.307 e. The summed E-state index contributed by atoms with van der Waals surface area (Å²) in [4.78, 5) is 26.8. The van der Waals surface area contributed by atoms with Crippen LogP contribution in [0.2, 0.25) is 0 Å². The van der Waals surface area contributed by atoms with Gasteiger partial charge in [0.2, 0.25) is 0 Å². The van der Waals surface area contributed by atoms with E-state index in [-0.39, 0.29) is 17.0 Å². The molecule has 1 N–H and O–H groups in total. The van der Waals surface area contributed by atoms with Crippen molar-refractivity contribution in [2.75, 3.05) is 0 Å². The summed E-state index contributed by atoms with van der Waals surface area (Å²) in [6, 6.07) is 3.79. The number of fused-ring (bicyclic) bond motifs is 1. The Balaban J connectivity index is 2.32. The second-order valence-electron chi connectivity index (χ2n) is 4.73. The van der Waals surface area contributed by atoms with Crippen LogP contribution in [0.1, 0.15) is 31.7 Å². The SMILES string of the molecule is O=c1[nH]c2ccc(F)cc2c(=O)n1C1CCCC1. The number of rotatable bonds is 1. The number of H-pyrrole nitrogens is 1. The summed E-state index contributed by atoms with van der Waals surface area (Å²) in [6.07, 6.45) is 3.73. The number of benzene rings is 1. The van der Waals surface area contributed by atoms with Gasteiger partial charge in [-0.3, -0.25) is 9.36 Å². The Morgan fingerprint density at radius 2 is 1.94 bits per heavy atom. The van der Waals surface area contributed by atoms with Crippen LogP contribution in [0.5, 0.6) is 0 Å². The van der Waals surface area contributed by atoms with Crippen molar-refractivity contribution in [3.8, 4) is 0 Å². The number of halogens is 1. The van der Waals surface area contributed by atoms with Crippen LogP contribution in [0.15, 0.2) is 27.8 Å². The van der Waals surface area contributed by atoms with Crippen molar-refractivity contribution in [1.29, 1.82) is 0 Å². The first-order valence-electron chi connectivity index (χ1n) is 6.11. The van der Waals surface area contributed by atoms with Crippen molar-refractivity contribution >= 4 is 10.9 Å². The van der Waals surface area contributed by atoms with Gasteiger partial charge in [-0.2, -0.15) is 0 Å². The number of hydrogen-bond donors (Lipinski definition) is 1. The molecule has 2 aromatic rings. The minimum atomic E-state index is -0.468. The molecule has 1 aliphatic carbocycles. The highest BCUT2D eigenvalue weighted by Crippen LogP contribution is 2.27. The molecule has 0 radical (unpaired) electrons. The largest absolute Gasteiger partial charge is 0.329 e. The molecule has 5 heteroatoms. The minimum absolute atomic E-state index is 0.0473. The van der Waals surface area contributed by atoms with Gasteiger partial charge in [0.05, 0.1) is 10.9 Å². The van der Waals surface area contributed by atoms with Crippen molar-refractivity contribution in [3.63, 3.8) is 0 Å². The maximum Gasteiger partial charge on any atom is 0.329 e. The first-order chi connectivity index (χ1) is 8.66. The molecule has 1 aliphatic rings. The Hall–Kier alpha value is -1.91. The first kappa shape index (κ1) is 11.2. The summed E-state index contributed by atoms with van der Waals surface area (Å²) in [5.74, 6) is -0.468. The Morgan fingerprint density at radius 1 is 1.22 bits per heavy atom. The monoisotopic (exact) mass is 248 g/mol. The topological polar surface area (TPSA) is 54.9 Å². The van der Waals surface area contributed by atoms with Gasteiger partial charge in [-0.1, -0.05) is 12.8 Å². The number of nitrogens with zero attached hydrogens (tertiary/aromatic N) is 1. The lowest BCUT2D eigenvalue weighted by Gasteiger charge is -2.12. The van der Waals surface area contributed by atoms with Crippen LogP contribution in [0.25, 0.3) is 10.9 Å². The van der Waals surface area contributed by atoms with Crippen LogP contribution in [0.3, 0.4) is 0 Å². The van der Waals surface area contributed by atoms with Gasteiger partial charge in [-0.25, -0.2) is 9.18 Å². The van der Waals surface area contributed by atoms with E-state index in [4.69, 9.17) is 0 Å². The van der Waals surface area contributed by atoms with Gasteiger partial charge in [0.25, 0.3) is 5.56 Å². The summed E-state index contributed by atoms with van der Waals surface area (Å²) in [6.45, 7) is 0. The van der Waals surface area contributed by atoms with Crippen LogP contribution < -0.4 is 11.2 Å². The third-order valence-corrected chi connectivity index (χ3v) is 3.58. The third-order valence-electron chi connectivity index (χ3n) is 3.58. The highest BCUT2D eigenvalue weighted by atomic mass is 19.1. The normalized spacial score (nSPS) is 16.5. The summed E-state index contributed by atoms with van der Waals surface area (Å²) in [5.41, 5.74) is -0.396. The molecule has 1 saturated carbocycles. The Labute approximate surface area is 102 Å². The molecule has 3 rings (SSSR count). The lowest BCUT2D eigenvalue weighted by molar-refractivity contribution is 0.483. The molecule has 1 fully saturated rings. The zero-order valence-corrected chi connectivity index (χ0v) is 9.78. The van der Waals surface area contributed by atoms with Crippen LogP contribution in [-0.4, -0.2) is 9.55 Å². The van der Waals surface area contributed by atoms with Crippen molar-refractivity contribution in [3.05, 3.63) is 44.9 Å². The Bertz CT molecular complexity index is 711. The second kappa shape index (κ2) is 4.08. The molecule has 0 amide bonds. The van der Waals surface area contributed by atoms with Crippen LogP contribution in [0.4, 0.5) is 4.39 Å². The summed E-state index contributed by atoms with van der Waals surface area (Å²) >= 11 is 0. The molecule has 0 aliphatic heterocycles. The predicted octanol–water partition coefficient (Wildman–Crippen LogP) is 1.94. The molecule has 0 unspecified atom stereocenters. The van der Waals surface area contributed by atoms with E-state index in [0.29, 0.717) is 5.52 Å². The van der Waals surface area contributed by atoms with Crippen LogP contribution in [-0.2, 0) is 0 Å². The lowest BCUT2D eigenvalue weighted by Crippen LogP contribution is -2.37. The van der Waals surface area contributed by atoms with Gasteiger partial charge in [0.15, 0.2) is 0 Å². The van der Waals surface area contributed by atoms with E-state index in [9.17, 15) is 14.0 Å². The molecule has 0 bridgehead atoms. The molecular weight excluding hydrogens is 235 g/mol. The number of nitrogens with one attached hydrogen (secondary N) is 1. The summed E-state index contributed by atoms with van der Waals surface area (Å²) in [5, 5.41) is 0.237. The molecule has 0 spiro atoms. The van der Waals surface area contributed by atoms with E-state index in [1.165, 1.54) is 22.8 Å². The van der Waals surface area contributed by atoms with Crippen molar-refractivity contribution < 1.29 is 4.39 Å². The van der Waals surface area contributed by atoms with Crippen LogP contribution in [0, 0.1) is 5.82 Å². The Morgan fingerprint density at radius 3 is 2.67 bits per heavy atom. The fraction of sp³-hybridized carbons (Fsp3) is 0.385. The highest BCUT2D eigenvalue weighted by Gasteiger charge is 2.21. The highest BCUT2D eigenvalue weighted by molar-refractivity contribution is 5.77. The molecule has 0 saturated heterocycles. The van der Waals surface area contributed by atoms with Crippen molar-refractivity contribution in [2.45, 2.75) is 31.7 Å². The molecule has 18 heavy (non-hydrogen) atoms. The second-order valence-corrected chi connectivity index (χ2v) is 4.73. The van der Waals surface area contributed by atoms with E-state index >= 15 is 0 Å². The van der Waals surface area contributed by atoms with Crippen molar-refractivity contribution in [2.24, 2.45) is 0 Å². The first-order valence-corrected chi connectivity index (χ1v) is 6.11. The molecule has 1 aromatic heterocycles. The number of aromatic nitrogens is 2. The molecule has 94 valence electrons. The van der Waals surface area contributed by atoms with E-state index in [1.54, 1.807) is 0 Å². The fourth-order valence-electron chi connectivity index (χ4n) is 2.69. The van der Waals surface area contributed by atoms with Gasteiger partial charge in [-0.15, -0.1) is 0 Å².